The lowest BCUT2D eigenvalue weighted by Crippen LogP contribution is -2.38. The summed E-state index contributed by atoms with van der Waals surface area (Å²) in [5, 5.41) is 11.7. The number of carbonyl (C=O) groups excluding carboxylic acids is 1. The molecule has 6 nitrogen and oxygen atoms in total. The van der Waals surface area contributed by atoms with Crippen molar-refractivity contribution in [2.75, 3.05) is 26.2 Å². The minimum atomic E-state index is -0.180. The maximum atomic E-state index is 12.1. The maximum Gasteiger partial charge on any atom is 0.258 e. The molecule has 2 aromatic rings. The minimum Gasteiger partial charge on any atom is -0.484 e. The second-order valence-corrected chi connectivity index (χ2v) is 6.00. The summed E-state index contributed by atoms with van der Waals surface area (Å²) in [6.07, 6.45) is 4.01. The predicted octanol–water partition coefficient (Wildman–Crippen LogP) is 2.48. The van der Waals surface area contributed by atoms with Gasteiger partial charge in [-0.25, -0.2) is 0 Å². The lowest BCUT2D eigenvalue weighted by atomic mass is 10.2. The first-order chi connectivity index (χ1) is 12.3. The van der Waals surface area contributed by atoms with Gasteiger partial charge in [-0.2, -0.15) is 5.26 Å². The van der Waals surface area contributed by atoms with Crippen LogP contribution >= 0.6 is 0 Å². The highest BCUT2D eigenvalue weighted by atomic mass is 16.5. The summed E-state index contributed by atoms with van der Waals surface area (Å²) in [5.41, 5.74) is 0.559. The first kappa shape index (κ1) is 17.1. The van der Waals surface area contributed by atoms with Gasteiger partial charge in [-0.1, -0.05) is 0 Å². The summed E-state index contributed by atoms with van der Waals surface area (Å²) in [4.78, 5) is 14.4. The van der Waals surface area contributed by atoms with Gasteiger partial charge in [0.05, 0.1) is 23.9 Å². The first-order valence-corrected chi connectivity index (χ1v) is 8.43. The van der Waals surface area contributed by atoms with Crippen LogP contribution in [0.5, 0.6) is 5.75 Å². The Bertz CT molecular complexity index is 713. The van der Waals surface area contributed by atoms with Crippen LogP contribution in [0, 0.1) is 11.3 Å². The zero-order valence-corrected chi connectivity index (χ0v) is 14.0. The third-order valence-corrected chi connectivity index (χ3v) is 4.30. The molecule has 1 atom stereocenters. The van der Waals surface area contributed by atoms with Crippen molar-refractivity contribution in [2.24, 2.45) is 0 Å². The Morgan fingerprint density at radius 3 is 2.68 bits per heavy atom. The van der Waals surface area contributed by atoms with Crippen molar-refractivity contribution in [1.82, 2.24) is 10.2 Å². The molecule has 25 heavy (non-hydrogen) atoms. The fraction of sp³-hybridized carbons (Fsp3) is 0.368. The summed E-state index contributed by atoms with van der Waals surface area (Å²) in [7, 11) is 0. The Balaban J connectivity index is 1.50. The van der Waals surface area contributed by atoms with E-state index in [2.05, 4.69) is 10.2 Å². The quantitative estimate of drug-likeness (QED) is 0.838. The zero-order chi connectivity index (χ0) is 17.5. The molecule has 0 aliphatic carbocycles. The molecule has 6 heteroatoms. The number of carbonyl (C=O) groups is 1. The van der Waals surface area contributed by atoms with Gasteiger partial charge >= 0.3 is 0 Å². The van der Waals surface area contributed by atoms with Gasteiger partial charge in [0.2, 0.25) is 0 Å². The summed E-state index contributed by atoms with van der Waals surface area (Å²) in [5.74, 6) is 1.26. The summed E-state index contributed by atoms with van der Waals surface area (Å²) in [6, 6.07) is 12.6. The van der Waals surface area contributed by atoms with Crippen LogP contribution < -0.4 is 10.1 Å². The Kier molecular flexibility index (Phi) is 5.70. The number of nitrogens with zero attached hydrogens (tertiary/aromatic N) is 2. The van der Waals surface area contributed by atoms with Gasteiger partial charge in [0.25, 0.3) is 5.91 Å². The van der Waals surface area contributed by atoms with Crippen LogP contribution in [0.3, 0.4) is 0 Å². The van der Waals surface area contributed by atoms with E-state index in [1.165, 1.54) is 12.8 Å². The molecule has 1 fully saturated rings. The second kappa shape index (κ2) is 8.36. The van der Waals surface area contributed by atoms with Crippen LogP contribution in [0.1, 0.15) is 30.2 Å². The van der Waals surface area contributed by atoms with E-state index in [9.17, 15) is 4.79 Å². The number of hydrogen-bond acceptors (Lipinski definition) is 5. The number of hydrogen-bond donors (Lipinski definition) is 1. The van der Waals surface area contributed by atoms with E-state index in [4.69, 9.17) is 14.4 Å². The molecule has 0 saturated carbocycles. The molecule has 0 spiro atoms. The van der Waals surface area contributed by atoms with Crippen molar-refractivity contribution in [2.45, 2.75) is 18.9 Å². The number of nitriles is 1. The summed E-state index contributed by atoms with van der Waals surface area (Å²) in [6.45, 7) is 2.46. The molecule has 2 heterocycles. The molecule has 1 unspecified atom stereocenters. The molecule has 1 aliphatic heterocycles. The number of benzene rings is 1. The molecular weight excluding hydrogens is 318 g/mol. The Morgan fingerprint density at radius 1 is 1.28 bits per heavy atom. The smallest absolute Gasteiger partial charge is 0.258 e. The number of amides is 1. The number of furan rings is 1. The van der Waals surface area contributed by atoms with Gasteiger partial charge < -0.3 is 14.5 Å². The number of ether oxygens (including phenoxy) is 1. The first-order valence-electron chi connectivity index (χ1n) is 8.43. The normalized spacial score (nSPS) is 15.5. The standard InChI is InChI=1S/C19H21N3O3/c20-12-15-5-7-16(8-6-15)25-14-19(23)21-13-17(18-4-3-11-24-18)22-9-1-2-10-22/h3-8,11,17H,1-2,9-10,13-14H2,(H,21,23). The van der Waals surface area contributed by atoms with Crippen molar-refractivity contribution < 1.29 is 13.9 Å². The number of rotatable bonds is 7. The van der Waals surface area contributed by atoms with Crippen molar-refractivity contribution in [3.05, 3.63) is 54.0 Å². The van der Waals surface area contributed by atoms with E-state index in [1.807, 2.05) is 18.2 Å². The molecule has 1 aliphatic rings. The molecule has 1 N–H and O–H groups in total. The van der Waals surface area contributed by atoms with E-state index >= 15 is 0 Å². The topological polar surface area (TPSA) is 78.5 Å². The van der Waals surface area contributed by atoms with Crippen LogP contribution in [0.4, 0.5) is 0 Å². The molecule has 0 bridgehead atoms. The maximum absolute atomic E-state index is 12.1. The van der Waals surface area contributed by atoms with Gasteiger partial charge in [0.15, 0.2) is 6.61 Å². The fourth-order valence-corrected chi connectivity index (χ4v) is 2.98. The third-order valence-electron chi connectivity index (χ3n) is 4.30. The van der Waals surface area contributed by atoms with E-state index in [-0.39, 0.29) is 18.6 Å². The zero-order valence-electron chi connectivity index (χ0n) is 14.0. The Morgan fingerprint density at radius 2 is 2.04 bits per heavy atom. The van der Waals surface area contributed by atoms with Crippen molar-refractivity contribution >= 4 is 5.91 Å². The number of likely N-dealkylation sites (tertiary alicyclic amines) is 1. The Labute approximate surface area is 147 Å². The van der Waals surface area contributed by atoms with Gasteiger partial charge in [0, 0.05) is 6.54 Å². The molecule has 1 aromatic carbocycles. The van der Waals surface area contributed by atoms with Crippen LogP contribution in [0.2, 0.25) is 0 Å². The number of nitrogens with one attached hydrogen (secondary N) is 1. The Hall–Kier alpha value is -2.78. The highest BCUT2D eigenvalue weighted by Crippen LogP contribution is 2.24. The second-order valence-electron chi connectivity index (χ2n) is 6.00. The van der Waals surface area contributed by atoms with Gasteiger partial charge in [0.1, 0.15) is 11.5 Å². The van der Waals surface area contributed by atoms with Crippen LogP contribution in [-0.4, -0.2) is 37.0 Å². The molecule has 0 radical (unpaired) electrons. The van der Waals surface area contributed by atoms with Crippen molar-refractivity contribution in [3.8, 4) is 11.8 Å². The highest BCUT2D eigenvalue weighted by molar-refractivity contribution is 5.77. The lowest BCUT2D eigenvalue weighted by molar-refractivity contribution is -0.123. The fourth-order valence-electron chi connectivity index (χ4n) is 2.98. The van der Waals surface area contributed by atoms with E-state index in [0.29, 0.717) is 17.9 Å². The third kappa shape index (κ3) is 4.61. The SMILES string of the molecule is N#Cc1ccc(OCC(=O)NCC(c2ccco2)N2CCCC2)cc1. The minimum absolute atomic E-state index is 0.0522. The van der Waals surface area contributed by atoms with Gasteiger partial charge in [-0.3, -0.25) is 9.69 Å². The monoisotopic (exact) mass is 339 g/mol. The van der Waals surface area contributed by atoms with Crippen molar-refractivity contribution in [1.29, 1.82) is 5.26 Å². The molecule has 130 valence electrons. The molecule has 1 aromatic heterocycles. The van der Waals surface area contributed by atoms with Crippen LogP contribution in [0.15, 0.2) is 47.1 Å². The molecular formula is C19H21N3O3. The van der Waals surface area contributed by atoms with Crippen LogP contribution in [0.25, 0.3) is 0 Å². The van der Waals surface area contributed by atoms with E-state index in [0.717, 1.165) is 18.8 Å². The predicted molar refractivity (Wildman–Crippen MR) is 91.9 cm³/mol. The highest BCUT2D eigenvalue weighted by Gasteiger charge is 2.25. The average molecular weight is 339 g/mol. The van der Waals surface area contributed by atoms with Crippen molar-refractivity contribution in [3.63, 3.8) is 0 Å². The summed E-state index contributed by atoms with van der Waals surface area (Å²) >= 11 is 0. The summed E-state index contributed by atoms with van der Waals surface area (Å²) < 4.78 is 11.0. The lowest BCUT2D eigenvalue weighted by Gasteiger charge is -2.26. The largest absolute Gasteiger partial charge is 0.484 e. The van der Waals surface area contributed by atoms with E-state index < -0.39 is 0 Å². The molecule has 1 saturated heterocycles. The van der Waals surface area contributed by atoms with E-state index in [1.54, 1.807) is 30.5 Å². The molecule has 1 amide bonds. The van der Waals surface area contributed by atoms with Crippen LogP contribution in [-0.2, 0) is 4.79 Å². The van der Waals surface area contributed by atoms with Gasteiger partial charge in [-0.15, -0.1) is 0 Å². The average Bonchev–Trinajstić information content (AvgIpc) is 3.35. The molecule has 3 rings (SSSR count). The van der Waals surface area contributed by atoms with Gasteiger partial charge in [-0.05, 0) is 62.3 Å².